The zero-order valence-electron chi connectivity index (χ0n) is 14.5. The van der Waals surface area contributed by atoms with Crippen LogP contribution in [0.1, 0.15) is 31.5 Å². The highest BCUT2D eigenvalue weighted by molar-refractivity contribution is 7.12. The van der Waals surface area contributed by atoms with Gasteiger partial charge >= 0.3 is 11.9 Å². The maximum atomic E-state index is 12.5. The molecule has 2 aromatic heterocycles. The molecule has 0 aliphatic rings. The second-order valence-electron chi connectivity index (χ2n) is 5.88. The van der Waals surface area contributed by atoms with Gasteiger partial charge in [-0.05, 0) is 23.8 Å². The molecule has 0 radical (unpaired) electrons. The number of fused-ring (bicyclic) bond motifs is 1. The third-order valence-corrected chi connectivity index (χ3v) is 4.94. The standard InChI is InChI=1S/C21H14N2O4S/c24-19(20-23-14-8-4-5-9-16(14)27-20)22-15-12-28-17(18(15)21(25)26)11-10-13-6-2-1-3-7-13/h1-12H,(H,22,24)(H,25,26)/b11-10+. The van der Waals surface area contributed by atoms with Gasteiger partial charge in [-0.25, -0.2) is 9.78 Å². The summed E-state index contributed by atoms with van der Waals surface area (Å²) >= 11 is 1.23. The summed E-state index contributed by atoms with van der Waals surface area (Å²) in [6.45, 7) is 0. The van der Waals surface area contributed by atoms with Crippen molar-refractivity contribution in [2.75, 3.05) is 5.32 Å². The van der Waals surface area contributed by atoms with Gasteiger partial charge in [-0.2, -0.15) is 0 Å². The van der Waals surface area contributed by atoms with Crippen LogP contribution in [-0.4, -0.2) is 22.0 Å². The van der Waals surface area contributed by atoms with Crippen LogP contribution in [0, 0.1) is 0 Å². The zero-order valence-corrected chi connectivity index (χ0v) is 15.3. The van der Waals surface area contributed by atoms with Crippen LogP contribution >= 0.6 is 11.3 Å². The fraction of sp³-hybridized carbons (Fsp3) is 0. The van der Waals surface area contributed by atoms with Crippen molar-refractivity contribution in [3.8, 4) is 0 Å². The van der Waals surface area contributed by atoms with E-state index in [9.17, 15) is 14.7 Å². The van der Waals surface area contributed by atoms with Crippen molar-refractivity contribution < 1.29 is 19.1 Å². The molecule has 0 saturated heterocycles. The molecule has 0 unspecified atom stereocenters. The van der Waals surface area contributed by atoms with Crippen molar-refractivity contribution in [2.45, 2.75) is 0 Å². The second-order valence-corrected chi connectivity index (χ2v) is 6.79. The van der Waals surface area contributed by atoms with Gasteiger partial charge in [-0.15, -0.1) is 11.3 Å². The van der Waals surface area contributed by atoms with E-state index in [1.807, 2.05) is 36.4 Å². The topological polar surface area (TPSA) is 92.4 Å². The van der Waals surface area contributed by atoms with Crippen molar-refractivity contribution in [1.29, 1.82) is 0 Å². The summed E-state index contributed by atoms with van der Waals surface area (Å²) in [5.41, 5.74) is 2.23. The van der Waals surface area contributed by atoms with Gasteiger partial charge in [0.25, 0.3) is 5.89 Å². The molecule has 6 nitrogen and oxygen atoms in total. The van der Waals surface area contributed by atoms with Crippen LogP contribution < -0.4 is 5.32 Å². The van der Waals surface area contributed by atoms with Crippen molar-refractivity contribution in [2.24, 2.45) is 0 Å². The Morgan fingerprint density at radius 3 is 2.54 bits per heavy atom. The Kier molecular flexibility index (Phi) is 4.74. The third kappa shape index (κ3) is 3.56. The largest absolute Gasteiger partial charge is 0.478 e. The fourth-order valence-corrected chi connectivity index (χ4v) is 3.57. The lowest BCUT2D eigenvalue weighted by atomic mass is 10.1. The maximum absolute atomic E-state index is 12.5. The minimum atomic E-state index is -1.12. The van der Waals surface area contributed by atoms with E-state index in [2.05, 4.69) is 10.3 Å². The van der Waals surface area contributed by atoms with Gasteiger partial charge in [0.05, 0.1) is 5.69 Å². The zero-order chi connectivity index (χ0) is 19.5. The number of hydrogen-bond acceptors (Lipinski definition) is 5. The van der Waals surface area contributed by atoms with Crippen LogP contribution in [0.5, 0.6) is 0 Å². The van der Waals surface area contributed by atoms with Crippen LogP contribution in [0.4, 0.5) is 5.69 Å². The number of amides is 1. The van der Waals surface area contributed by atoms with Crippen LogP contribution in [0.2, 0.25) is 0 Å². The lowest BCUT2D eigenvalue weighted by Gasteiger charge is -2.02. The second kappa shape index (κ2) is 7.50. The van der Waals surface area contributed by atoms with E-state index >= 15 is 0 Å². The Morgan fingerprint density at radius 2 is 1.79 bits per heavy atom. The van der Waals surface area contributed by atoms with Crippen molar-refractivity contribution in [3.63, 3.8) is 0 Å². The molecule has 28 heavy (non-hydrogen) atoms. The van der Waals surface area contributed by atoms with E-state index in [1.54, 1.807) is 35.7 Å². The number of carboxylic acid groups (broad SMARTS) is 1. The van der Waals surface area contributed by atoms with Crippen LogP contribution in [-0.2, 0) is 0 Å². The van der Waals surface area contributed by atoms with Gasteiger partial charge in [0.15, 0.2) is 5.58 Å². The first kappa shape index (κ1) is 17.7. The predicted molar refractivity (Wildman–Crippen MR) is 109 cm³/mol. The predicted octanol–water partition coefficient (Wildman–Crippen LogP) is 5.01. The molecule has 0 saturated carbocycles. The summed E-state index contributed by atoms with van der Waals surface area (Å²) in [4.78, 5) is 28.9. The number of nitrogens with zero attached hydrogens (tertiary/aromatic N) is 1. The van der Waals surface area contributed by atoms with Gasteiger partial charge in [0, 0.05) is 10.3 Å². The number of carbonyl (C=O) groups excluding carboxylic acids is 1. The number of thiophene rings is 1. The van der Waals surface area contributed by atoms with Crippen molar-refractivity contribution >= 4 is 52.2 Å². The minimum Gasteiger partial charge on any atom is -0.478 e. The summed E-state index contributed by atoms with van der Waals surface area (Å²) in [5, 5.41) is 13.8. The number of rotatable bonds is 5. The maximum Gasteiger partial charge on any atom is 0.339 e. The highest BCUT2D eigenvalue weighted by Gasteiger charge is 2.21. The first-order valence-corrected chi connectivity index (χ1v) is 9.24. The van der Waals surface area contributed by atoms with Gasteiger partial charge < -0.3 is 14.8 Å². The van der Waals surface area contributed by atoms with Gasteiger partial charge in [0.1, 0.15) is 11.1 Å². The number of nitrogens with one attached hydrogen (secondary N) is 1. The molecule has 4 rings (SSSR count). The molecule has 0 aliphatic carbocycles. The molecule has 2 N–H and O–H groups in total. The lowest BCUT2D eigenvalue weighted by molar-refractivity contribution is 0.0698. The van der Waals surface area contributed by atoms with Gasteiger partial charge in [-0.3, -0.25) is 4.79 Å². The molecule has 7 heteroatoms. The Hall–Kier alpha value is -3.71. The summed E-state index contributed by atoms with van der Waals surface area (Å²) in [6.07, 6.45) is 3.54. The van der Waals surface area contributed by atoms with E-state index in [-0.39, 0.29) is 17.1 Å². The minimum absolute atomic E-state index is 0.0293. The normalized spacial score (nSPS) is 11.1. The molecule has 0 aliphatic heterocycles. The number of oxazole rings is 1. The number of anilines is 1. The summed E-state index contributed by atoms with van der Waals surface area (Å²) < 4.78 is 5.43. The number of carbonyl (C=O) groups is 2. The van der Waals surface area contributed by atoms with E-state index in [1.165, 1.54) is 11.3 Å². The molecule has 4 aromatic rings. The fourth-order valence-electron chi connectivity index (χ4n) is 2.69. The number of aromatic carboxylic acids is 1. The molecule has 1 amide bonds. The highest BCUT2D eigenvalue weighted by Crippen LogP contribution is 2.30. The molecule has 0 bridgehead atoms. The Labute approximate surface area is 163 Å². The lowest BCUT2D eigenvalue weighted by Crippen LogP contribution is -2.14. The highest BCUT2D eigenvalue weighted by atomic mass is 32.1. The average molecular weight is 390 g/mol. The van der Waals surface area contributed by atoms with Crippen LogP contribution in [0.25, 0.3) is 23.3 Å². The molecule has 0 spiro atoms. The smallest absolute Gasteiger partial charge is 0.339 e. The third-order valence-electron chi connectivity index (χ3n) is 4.00. The molecule has 2 aromatic carbocycles. The molecular formula is C21H14N2O4S. The van der Waals surface area contributed by atoms with E-state index in [0.717, 1.165) is 5.56 Å². The number of carboxylic acids is 1. The van der Waals surface area contributed by atoms with Crippen LogP contribution in [0.3, 0.4) is 0 Å². The van der Waals surface area contributed by atoms with E-state index in [4.69, 9.17) is 4.42 Å². The van der Waals surface area contributed by atoms with E-state index < -0.39 is 11.9 Å². The summed E-state index contributed by atoms with van der Waals surface area (Å²) in [5.74, 6) is -1.85. The summed E-state index contributed by atoms with van der Waals surface area (Å²) in [7, 11) is 0. The molecule has 2 heterocycles. The Bertz CT molecular complexity index is 1160. The number of para-hydroxylation sites is 2. The SMILES string of the molecule is O=C(Nc1csc(/C=C/c2ccccc2)c1C(=O)O)c1nc2ccccc2o1. The first-order chi connectivity index (χ1) is 13.6. The van der Waals surface area contributed by atoms with Gasteiger partial charge in [-0.1, -0.05) is 48.5 Å². The molecular weight excluding hydrogens is 376 g/mol. The van der Waals surface area contributed by atoms with Crippen molar-refractivity contribution in [3.05, 3.63) is 81.9 Å². The number of hydrogen-bond donors (Lipinski definition) is 2. The van der Waals surface area contributed by atoms with Gasteiger partial charge in [0.2, 0.25) is 0 Å². The summed E-state index contributed by atoms with van der Waals surface area (Å²) in [6, 6.07) is 16.6. The average Bonchev–Trinajstić information content (AvgIpc) is 3.31. The number of aromatic nitrogens is 1. The number of benzene rings is 2. The molecule has 0 atom stereocenters. The Morgan fingerprint density at radius 1 is 1.04 bits per heavy atom. The molecule has 0 fully saturated rings. The van der Waals surface area contributed by atoms with E-state index in [0.29, 0.717) is 16.0 Å². The molecule has 138 valence electrons. The van der Waals surface area contributed by atoms with Crippen LogP contribution in [0.15, 0.2) is 64.4 Å². The monoisotopic (exact) mass is 390 g/mol. The first-order valence-electron chi connectivity index (χ1n) is 8.36. The Balaban J connectivity index is 1.61. The quantitative estimate of drug-likeness (QED) is 0.500. The van der Waals surface area contributed by atoms with Crippen molar-refractivity contribution in [1.82, 2.24) is 4.98 Å².